The summed E-state index contributed by atoms with van der Waals surface area (Å²) in [6.45, 7) is -0.0452. The zero-order valence-corrected chi connectivity index (χ0v) is 15.8. The molecule has 146 valence electrons. The fourth-order valence-corrected chi connectivity index (χ4v) is 2.51. The number of anilines is 1. The van der Waals surface area contributed by atoms with Crippen LogP contribution in [0.3, 0.4) is 0 Å². The van der Waals surface area contributed by atoms with Gasteiger partial charge < -0.3 is 14.5 Å². The van der Waals surface area contributed by atoms with E-state index in [1.165, 1.54) is 12.1 Å². The molecule has 0 bridgehead atoms. The van der Waals surface area contributed by atoms with Crippen LogP contribution in [0.2, 0.25) is 0 Å². The molecule has 1 amide bonds. The molecular formula is C18H9F5INO3. The van der Waals surface area contributed by atoms with E-state index in [2.05, 4.69) is 22.6 Å². The zero-order valence-electron chi connectivity index (χ0n) is 13.7. The highest BCUT2D eigenvalue weighted by Gasteiger charge is 2.27. The molecule has 10 heteroatoms. The van der Waals surface area contributed by atoms with Crippen molar-refractivity contribution in [2.45, 2.75) is 6.61 Å². The van der Waals surface area contributed by atoms with Crippen LogP contribution in [-0.4, -0.2) is 5.91 Å². The highest BCUT2D eigenvalue weighted by Crippen LogP contribution is 2.27. The van der Waals surface area contributed by atoms with E-state index in [0.717, 1.165) is 3.57 Å². The molecule has 0 aliphatic rings. The van der Waals surface area contributed by atoms with Crippen LogP contribution < -0.4 is 10.1 Å². The summed E-state index contributed by atoms with van der Waals surface area (Å²) in [6.07, 6.45) is 0. The number of halogens is 6. The summed E-state index contributed by atoms with van der Waals surface area (Å²) >= 11 is 2.13. The molecule has 3 aromatic rings. The number of rotatable bonds is 5. The Morgan fingerprint density at radius 1 is 0.893 bits per heavy atom. The van der Waals surface area contributed by atoms with Crippen molar-refractivity contribution in [3.05, 3.63) is 80.6 Å². The number of carbonyl (C=O) groups excluding carboxylic acids is 1. The van der Waals surface area contributed by atoms with Crippen LogP contribution >= 0.6 is 22.6 Å². The Labute approximate surface area is 168 Å². The zero-order chi connectivity index (χ0) is 20.4. The summed E-state index contributed by atoms with van der Waals surface area (Å²) in [5.74, 6) is -11.8. The van der Waals surface area contributed by atoms with Crippen LogP contribution in [-0.2, 0) is 6.61 Å². The number of benzene rings is 2. The van der Waals surface area contributed by atoms with Crippen LogP contribution in [0, 0.1) is 32.7 Å². The van der Waals surface area contributed by atoms with Crippen LogP contribution in [0.4, 0.5) is 27.6 Å². The molecular weight excluding hydrogens is 500 g/mol. The van der Waals surface area contributed by atoms with Crippen molar-refractivity contribution in [2.75, 3.05) is 5.32 Å². The maximum atomic E-state index is 13.6. The molecule has 3 rings (SSSR count). The first-order chi connectivity index (χ1) is 13.3. The average molecular weight is 509 g/mol. The molecule has 0 unspecified atom stereocenters. The second-order valence-corrected chi connectivity index (χ2v) is 6.65. The van der Waals surface area contributed by atoms with Gasteiger partial charge in [0.15, 0.2) is 29.0 Å². The second-order valence-electron chi connectivity index (χ2n) is 5.41. The monoisotopic (exact) mass is 509 g/mol. The minimum atomic E-state index is -2.32. The van der Waals surface area contributed by atoms with Crippen molar-refractivity contribution in [3.63, 3.8) is 0 Å². The number of hydrogen-bond donors (Lipinski definition) is 1. The average Bonchev–Trinajstić information content (AvgIpc) is 3.17. The fourth-order valence-electron chi connectivity index (χ4n) is 2.15. The first-order valence-electron chi connectivity index (χ1n) is 7.57. The van der Waals surface area contributed by atoms with Crippen molar-refractivity contribution in [1.82, 2.24) is 0 Å². The van der Waals surface area contributed by atoms with Gasteiger partial charge in [-0.2, -0.15) is 0 Å². The molecule has 0 radical (unpaired) electrons. The number of carbonyl (C=O) groups is 1. The van der Waals surface area contributed by atoms with Crippen molar-refractivity contribution in [1.29, 1.82) is 0 Å². The molecule has 0 saturated carbocycles. The molecule has 1 N–H and O–H groups in total. The Hall–Kier alpha value is -2.63. The Balaban J connectivity index is 1.72. The minimum Gasteiger partial charge on any atom is -0.486 e. The third kappa shape index (κ3) is 4.11. The summed E-state index contributed by atoms with van der Waals surface area (Å²) in [4.78, 5) is 12.0. The third-order valence-electron chi connectivity index (χ3n) is 3.53. The third-order valence-corrected chi connectivity index (χ3v) is 4.25. The van der Waals surface area contributed by atoms with E-state index in [1.54, 1.807) is 17.4 Å². The lowest BCUT2D eigenvalue weighted by Crippen LogP contribution is -2.16. The number of ether oxygens (including phenoxy) is 1. The van der Waals surface area contributed by atoms with E-state index in [9.17, 15) is 26.7 Å². The van der Waals surface area contributed by atoms with Crippen LogP contribution in [0.1, 0.15) is 16.3 Å². The Bertz CT molecular complexity index is 1010. The Kier molecular flexibility index (Phi) is 5.87. The first kappa shape index (κ1) is 20.1. The minimum absolute atomic E-state index is 0.0452. The van der Waals surface area contributed by atoms with E-state index in [-0.39, 0.29) is 12.4 Å². The van der Waals surface area contributed by atoms with Crippen molar-refractivity contribution in [2.24, 2.45) is 0 Å². The Morgan fingerprint density at radius 2 is 1.46 bits per heavy atom. The van der Waals surface area contributed by atoms with Crippen LogP contribution in [0.25, 0.3) is 0 Å². The molecule has 4 nitrogen and oxygen atoms in total. The fraction of sp³-hybridized carbons (Fsp3) is 0.0556. The largest absolute Gasteiger partial charge is 0.486 e. The van der Waals surface area contributed by atoms with E-state index in [1.807, 2.05) is 12.1 Å². The summed E-state index contributed by atoms with van der Waals surface area (Å²) in [5.41, 5.74) is -1.46. The molecule has 0 saturated heterocycles. The van der Waals surface area contributed by atoms with Gasteiger partial charge in [-0.25, -0.2) is 22.0 Å². The lowest BCUT2D eigenvalue weighted by molar-refractivity contribution is 0.0991. The number of nitrogens with one attached hydrogen (secondary N) is 1. The number of furan rings is 1. The van der Waals surface area contributed by atoms with Crippen molar-refractivity contribution >= 4 is 34.2 Å². The van der Waals surface area contributed by atoms with Gasteiger partial charge in [0.05, 0.1) is 0 Å². The van der Waals surface area contributed by atoms with E-state index < -0.39 is 46.4 Å². The standard InChI is InChI=1S/C18H9F5INO3/c19-12-13(20)15(22)17(16(23)14(12)21)25-18(26)11-6-5-10(28-11)7-27-9-3-1-8(24)2-4-9/h1-6H,7H2,(H,25,26). The van der Waals surface area contributed by atoms with Gasteiger partial charge in [-0.3, -0.25) is 4.79 Å². The van der Waals surface area contributed by atoms with Crippen molar-refractivity contribution < 1.29 is 35.9 Å². The summed E-state index contributed by atoms with van der Waals surface area (Å²) < 4.78 is 78.3. The molecule has 0 fully saturated rings. The van der Waals surface area contributed by atoms with E-state index in [4.69, 9.17) is 9.15 Å². The molecule has 2 aromatic carbocycles. The molecule has 1 aromatic heterocycles. The summed E-state index contributed by atoms with van der Waals surface area (Å²) in [7, 11) is 0. The highest BCUT2D eigenvalue weighted by atomic mass is 127. The first-order valence-corrected chi connectivity index (χ1v) is 8.65. The van der Waals surface area contributed by atoms with Gasteiger partial charge in [-0.1, -0.05) is 0 Å². The predicted molar refractivity (Wildman–Crippen MR) is 96.4 cm³/mol. The maximum absolute atomic E-state index is 13.6. The van der Waals surface area contributed by atoms with Gasteiger partial charge in [-0.05, 0) is 59.0 Å². The van der Waals surface area contributed by atoms with E-state index in [0.29, 0.717) is 5.75 Å². The van der Waals surface area contributed by atoms with Gasteiger partial charge in [0.25, 0.3) is 5.91 Å². The Morgan fingerprint density at radius 3 is 2.07 bits per heavy atom. The SMILES string of the molecule is O=C(Nc1c(F)c(F)c(F)c(F)c1F)c1ccc(COc2ccc(I)cc2)o1. The number of amides is 1. The lowest BCUT2D eigenvalue weighted by Gasteiger charge is -2.08. The molecule has 28 heavy (non-hydrogen) atoms. The topological polar surface area (TPSA) is 51.5 Å². The molecule has 0 spiro atoms. The smallest absolute Gasteiger partial charge is 0.291 e. The summed E-state index contributed by atoms with van der Waals surface area (Å²) in [6, 6.07) is 9.64. The van der Waals surface area contributed by atoms with Gasteiger partial charge in [0.1, 0.15) is 23.8 Å². The molecule has 0 aliphatic carbocycles. The van der Waals surface area contributed by atoms with Gasteiger partial charge in [-0.15, -0.1) is 0 Å². The molecule has 0 atom stereocenters. The van der Waals surface area contributed by atoms with Gasteiger partial charge in [0, 0.05) is 3.57 Å². The predicted octanol–water partition coefficient (Wildman–Crippen LogP) is 5.41. The molecule has 1 heterocycles. The van der Waals surface area contributed by atoms with Crippen LogP contribution in [0.5, 0.6) is 5.75 Å². The lowest BCUT2D eigenvalue weighted by atomic mass is 10.2. The quantitative estimate of drug-likeness (QED) is 0.217. The van der Waals surface area contributed by atoms with E-state index >= 15 is 0 Å². The summed E-state index contributed by atoms with van der Waals surface area (Å²) in [5, 5.41) is 1.63. The second kappa shape index (κ2) is 8.17. The van der Waals surface area contributed by atoms with Crippen molar-refractivity contribution in [3.8, 4) is 5.75 Å². The maximum Gasteiger partial charge on any atom is 0.291 e. The number of hydrogen-bond acceptors (Lipinski definition) is 3. The van der Waals surface area contributed by atoms with Gasteiger partial charge in [0.2, 0.25) is 5.82 Å². The highest BCUT2D eigenvalue weighted by molar-refractivity contribution is 14.1. The molecule has 0 aliphatic heterocycles. The van der Waals surface area contributed by atoms with Gasteiger partial charge >= 0.3 is 0 Å². The van der Waals surface area contributed by atoms with Crippen LogP contribution in [0.15, 0.2) is 40.8 Å². The normalized spacial score (nSPS) is 10.8.